The van der Waals surface area contributed by atoms with Crippen LogP contribution < -0.4 is 0 Å². The molecule has 0 aromatic carbocycles. The number of hydrogen-bond acceptors (Lipinski definition) is 2. The fraction of sp³-hybridized carbons (Fsp3) is 0.333. The third-order valence-corrected chi connectivity index (χ3v) is 2.11. The number of carbonyl (C=O) groups excluding carboxylic acids is 1. The molecule has 1 aliphatic heterocycles. The number of ether oxygens (including phenoxy) is 1. The number of aliphatic imine (C=N–C) groups is 1. The first-order chi connectivity index (χ1) is 7.33. The minimum absolute atomic E-state index is 0.128. The van der Waals surface area contributed by atoms with Gasteiger partial charge in [0.05, 0.1) is 19.2 Å². The molecule has 3 nitrogen and oxygen atoms in total. The molecule has 0 radical (unpaired) electrons. The molecular formula is C12H15NO2. The first-order valence-corrected chi connectivity index (χ1v) is 5.04. The van der Waals surface area contributed by atoms with Gasteiger partial charge in [-0.25, -0.2) is 4.99 Å². The maximum Gasteiger partial charge on any atom is 0.257 e. The number of fused-ring (bicyclic) bond motifs is 1. The summed E-state index contributed by atoms with van der Waals surface area (Å²) in [5.41, 5.74) is 0.894. The van der Waals surface area contributed by atoms with Crippen LogP contribution in [0.1, 0.15) is 13.8 Å². The van der Waals surface area contributed by atoms with Crippen molar-refractivity contribution in [2.75, 3.05) is 7.11 Å². The molecule has 1 amide bonds. The topological polar surface area (TPSA) is 38.7 Å². The number of hydrogen-bond donors (Lipinski definition) is 0. The Bertz CT molecular complexity index is 362. The Morgan fingerprint density at radius 1 is 1.33 bits per heavy atom. The number of nitrogens with zero attached hydrogens (tertiary/aromatic N) is 1. The molecule has 0 spiro atoms. The van der Waals surface area contributed by atoms with Gasteiger partial charge in [-0.3, -0.25) is 4.79 Å². The quantitative estimate of drug-likeness (QED) is 0.658. The van der Waals surface area contributed by atoms with Crippen molar-refractivity contribution in [2.24, 2.45) is 10.9 Å². The average Bonchev–Trinajstić information content (AvgIpc) is 2.33. The minimum atomic E-state index is -0.245. The largest absolute Gasteiger partial charge is 0.495 e. The Balaban J connectivity index is 0.000000531. The Morgan fingerprint density at radius 3 is 2.73 bits per heavy atom. The summed E-state index contributed by atoms with van der Waals surface area (Å²) in [7, 11) is 1.58. The molecule has 1 atom stereocenters. The highest BCUT2D eigenvalue weighted by atomic mass is 16.5. The van der Waals surface area contributed by atoms with Gasteiger partial charge in [-0.15, -0.1) is 0 Å². The van der Waals surface area contributed by atoms with E-state index in [9.17, 15) is 4.79 Å². The van der Waals surface area contributed by atoms with E-state index in [1.807, 2.05) is 38.2 Å². The Labute approximate surface area is 89.8 Å². The summed E-state index contributed by atoms with van der Waals surface area (Å²) in [6.45, 7) is 4.00. The summed E-state index contributed by atoms with van der Waals surface area (Å²) in [6.07, 6.45) is 8.91. The molecule has 0 saturated heterocycles. The summed E-state index contributed by atoms with van der Waals surface area (Å²) in [5.74, 6) is 0.298. The smallest absolute Gasteiger partial charge is 0.257 e. The molecule has 2 rings (SSSR count). The molecule has 0 N–H and O–H groups in total. The first kappa shape index (κ1) is 11.4. The van der Waals surface area contributed by atoms with E-state index >= 15 is 0 Å². The van der Waals surface area contributed by atoms with Crippen molar-refractivity contribution in [2.45, 2.75) is 13.8 Å². The van der Waals surface area contributed by atoms with Gasteiger partial charge in [-0.1, -0.05) is 38.2 Å². The van der Waals surface area contributed by atoms with E-state index in [4.69, 9.17) is 4.74 Å². The zero-order valence-corrected chi connectivity index (χ0v) is 9.23. The maximum absolute atomic E-state index is 11.3. The van der Waals surface area contributed by atoms with E-state index in [1.54, 1.807) is 7.11 Å². The third kappa shape index (κ3) is 2.24. The van der Waals surface area contributed by atoms with Gasteiger partial charge in [0.1, 0.15) is 5.76 Å². The van der Waals surface area contributed by atoms with Gasteiger partial charge < -0.3 is 4.74 Å². The number of rotatable bonds is 1. The van der Waals surface area contributed by atoms with Gasteiger partial charge in [-0.2, -0.15) is 0 Å². The second-order valence-electron chi connectivity index (χ2n) is 2.84. The molecule has 80 valence electrons. The highest BCUT2D eigenvalue weighted by Gasteiger charge is 2.25. The average molecular weight is 205 g/mol. The van der Waals surface area contributed by atoms with Crippen molar-refractivity contribution in [1.82, 2.24) is 0 Å². The third-order valence-electron chi connectivity index (χ3n) is 2.11. The second kappa shape index (κ2) is 5.29. The lowest BCUT2D eigenvalue weighted by Crippen LogP contribution is -2.20. The van der Waals surface area contributed by atoms with Crippen LogP contribution in [0.5, 0.6) is 0 Å². The molecule has 1 heterocycles. The van der Waals surface area contributed by atoms with Crippen molar-refractivity contribution < 1.29 is 9.53 Å². The fourth-order valence-corrected chi connectivity index (χ4v) is 1.44. The van der Waals surface area contributed by atoms with E-state index in [-0.39, 0.29) is 11.8 Å². The monoisotopic (exact) mass is 205 g/mol. The predicted octanol–water partition coefficient (Wildman–Crippen LogP) is 2.27. The maximum atomic E-state index is 11.3. The minimum Gasteiger partial charge on any atom is -0.495 e. The van der Waals surface area contributed by atoms with E-state index in [0.29, 0.717) is 5.76 Å². The number of methoxy groups -OCH3 is 1. The van der Waals surface area contributed by atoms with Crippen LogP contribution in [-0.2, 0) is 9.53 Å². The molecule has 2 aliphatic rings. The van der Waals surface area contributed by atoms with Crippen LogP contribution in [0.2, 0.25) is 0 Å². The zero-order chi connectivity index (χ0) is 11.3. The molecule has 15 heavy (non-hydrogen) atoms. The first-order valence-electron chi connectivity index (χ1n) is 5.04. The van der Waals surface area contributed by atoms with Crippen molar-refractivity contribution in [3.8, 4) is 0 Å². The van der Waals surface area contributed by atoms with Gasteiger partial charge in [0, 0.05) is 5.57 Å². The van der Waals surface area contributed by atoms with Crippen molar-refractivity contribution >= 4 is 12.1 Å². The van der Waals surface area contributed by atoms with Gasteiger partial charge in [0.25, 0.3) is 5.91 Å². The zero-order valence-electron chi connectivity index (χ0n) is 9.23. The van der Waals surface area contributed by atoms with Crippen molar-refractivity contribution in [3.63, 3.8) is 0 Å². The van der Waals surface area contributed by atoms with Crippen LogP contribution in [0, 0.1) is 5.92 Å². The summed E-state index contributed by atoms with van der Waals surface area (Å²) in [4.78, 5) is 15.1. The molecule has 0 aromatic rings. The fourth-order valence-electron chi connectivity index (χ4n) is 1.44. The highest BCUT2D eigenvalue weighted by molar-refractivity contribution is 5.99. The van der Waals surface area contributed by atoms with Gasteiger partial charge in [-0.05, 0) is 0 Å². The van der Waals surface area contributed by atoms with E-state index in [0.717, 1.165) is 5.57 Å². The number of allylic oxidation sites excluding steroid dienone is 4. The summed E-state index contributed by atoms with van der Waals surface area (Å²) >= 11 is 0. The van der Waals surface area contributed by atoms with E-state index in [2.05, 4.69) is 4.99 Å². The SMILES string of the molecule is CC.COC1=C2C=CC=CC2C(=O)N=C1. The number of carbonyl (C=O) groups is 1. The van der Waals surface area contributed by atoms with E-state index < -0.39 is 0 Å². The number of dihydropyridines is 1. The van der Waals surface area contributed by atoms with Crippen molar-refractivity contribution in [1.29, 1.82) is 0 Å². The Kier molecular flexibility index (Phi) is 4.03. The molecule has 0 fully saturated rings. The molecular weight excluding hydrogens is 190 g/mol. The van der Waals surface area contributed by atoms with Crippen LogP contribution in [0.25, 0.3) is 0 Å². The summed E-state index contributed by atoms with van der Waals surface area (Å²) < 4.78 is 5.10. The lowest BCUT2D eigenvalue weighted by molar-refractivity contribution is -0.119. The highest BCUT2D eigenvalue weighted by Crippen LogP contribution is 2.26. The predicted molar refractivity (Wildman–Crippen MR) is 60.7 cm³/mol. The van der Waals surface area contributed by atoms with Gasteiger partial charge in [0.2, 0.25) is 0 Å². The number of amides is 1. The van der Waals surface area contributed by atoms with E-state index in [1.165, 1.54) is 6.21 Å². The molecule has 1 aliphatic carbocycles. The van der Waals surface area contributed by atoms with Crippen LogP contribution in [0.15, 0.2) is 40.6 Å². The molecule has 3 heteroatoms. The molecule has 0 aromatic heterocycles. The van der Waals surface area contributed by atoms with Gasteiger partial charge in [0.15, 0.2) is 0 Å². The molecule has 1 unspecified atom stereocenters. The lowest BCUT2D eigenvalue weighted by Gasteiger charge is -2.19. The van der Waals surface area contributed by atoms with Crippen LogP contribution in [-0.4, -0.2) is 19.2 Å². The van der Waals surface area contributed by atoms with Gasteiger partial charge >= 0.3 is 0 Å². The normalized spacial score (nSPS) is 22.1. The Morgan fingerprint density at radius 2 is 2.07 bits per heavy atom. The van der Waals surface area contributed by atoms with Crippen LogP contribution in [0.3, 0.4) is 0 Å². The standard InChI is InChI=1S/C10H9NO2.C2H6/c1-13-9-6-11-10(12)8-5-3-2-4-7(8)9;1-2/h2-6,8H,1H3;1-2H3. The second-order valence-corrected chi connectivity index (χ2v) is 2.84. The van der Waals surface area contributed by atoms with Crippen LogP contribution in [0.4, 0.5) is 0 Å². The van der Waals surface area contributed by atoms with Crippen LogP contribution >= 0.6 is 0 Å². The Hall–Kier alpha value is -1.64. The molecule has 0 bridgehead atoms. The lowest BCUT2D eigenvalue weighted by atomic mass is 9.91. The van der Waals surface area contributed by atoms with Crippen molar-refractivity contribution in [3.05, 3.63) is 35.6 Å². The summed E-state index contributed by atoms with van der Waals surface area (Å²) in [5, 5.41) is 0. The molecule has 0 saturated carbocycles. The summed E-state index contributed by atoms with van der Waals surface area (Å²) in [6, 6.07) is 0.